The molecule has 1 N–H and O–H groups in total. The van der Waals surface area contributed by atoms with E-state index in [9.17, 15) is 4.79 Å². The highest BCUT2D eigenvalue weighted by molar-refractivity contribution is 5.78. The van der Waals surface area contributed by atoms with Gasteiger partial charge in [-0.1, -0.05) is 43.7 Å². The molecular weight excluding hydrogens is 418 g/mol. The smallest absolute Gasteiger partial charge is 0.320 e. The van der Waals surface area contributed by atoms with Crippen LogP contribution in [-0.4, -0.2) is 44.3 Å². The monoisotopic (exact) mass is 441 g/mol. The van der Waals surface area contributed by atoms with E-state index < -0.39 is 0 Å². The average molecular weight is 441 g/mol. The molecule has 4 aromatic heterocycles. The second kappa shape index (κ2) is 8.65. The normalized spacial score (nSPS) is 11.2. The number of tetrazole rings is 1. The molecule has 0 radical (unpaired) electrons. The highest BCUT2D eigenvalue weighted by atomic mass is 16.1. The quantitative estimate of drug-likeness (QED) is 0.415. The third-order valence-electron chi connectivity index (χ3n) is 5.55. The van der Waals surface area contributed by atoms with Gasteiger partial charge in [0.05, 0.1) is 12.2 Å². The molecule has 0 unspecified atom stereocenters. The van der Waals surface area contributed by atoms with Crippen LogP contribution in [-0.2, 0) is 20.0 Å². The number of hydrogen-bond donors (Lipinski definition) is 1. The van der Waals surface area contributed by atoms with Gasteiger partial charge in [-0.15, -0.1) is 5.10 Å². The van der Waals surface area contributed by atoms with Crippen LogP contribution in [0.3, 0.4) is 0 Å². The van der Waals surface area contributed by atoms with E-state index in [0.717, 1.165) is 40.9 Å². The third kappa shape index (κ3) is 3.86. The molecule has 1 aromatic carbocycles. The van der Waals surface area contributed by atoms with Crippen molar-refractivity contribution in [1.82, 2.24) is 44.3 Å². The predicted octanol–water partition coefficient (Wildman–Crippen LogP) is 2.62. The van der Waals surface area contributed by atoms with Crippen LogP contribution >= 0.6 is 0 Å². The molecule has 0 aliphatic carbocycles. The summed E-state index contributed by atoms with van der Waals surface area (Å²) >= 11 is 0. The average Bonchev–Trinajstić information content (AvgIpc) is 3.58. The zero-order chi connectivity index (χ0) is 22.8. The topological polar surface area (TPSA) is 112 Å². The molecule has 0 aliphatic heterocycles. The van der Waals surface area contributed by atoms with Gasteiger partial charge in [-0.25, -0.2) is 19.4 Å². The molecule has 0 saturated carbocycles. The summed E-state index contributed by atoms with van der Waals surface area (Å²) in [6.45, 7) is 2.54. The van der Waals surface area contributed by atoms with Gasteiger partial charge in [0.2, 0.25) is 5.95 Å². The van der Waals surface area contributed by atoms with Crippen molar-refractivity contribution in [1.29, 1.82) is 0 Å². The lowest BCUT2D eigenvalue weighted by molar-refractivity contribution is 0.681. The first kappa shape index (κ1) is 20.6. The van der Waals surface area contributed by atoms with Crippen molar-refractivity contribution in [3.8, 4) is 28.6 Å². The largest absolute Gasteiger partial charge is 0.335 e. The highest BCUT2D eigenvalue weighted by Crippen LogP contribution is 2.28. The van der Waals surface area contributed by atoms with Gasteiger partial charge < -0.3 is 4.57 Å². The Balaban J connectivity index is 1.47. The molecule has 4 heterocycles. The fraction of sp³-hybridized carbons (Fsp3) is 0.217. The lowest BCUT2D eigenvalue weighted by atomic mass is 10.0. The van der Waals surface area contributed by atoms with Crippen LogP contribution < -0.4 is 5.69 Å². The molecule has 10 heteroatoms. The number of imidazole rings is 2. The fourth-order valence-electron chi connectivity index (χ4n) is 3.93. The number of nitrogens with zero attached hydrogens (tertiary/aromatic N) is 8. The highest BCUT2D eigenvalue weighted by Gasteiger charge is 2.16. The number of H-pyrrole nitrogens is 1. The van der Waals surface area contributed by atoms with Gasteiger partial charge in [0.25, 0.3) is 0 Å². The molecule has 0 saturated heterocycles. The van der Waals surface area contributed by atoms with E-state index in [4.69, 9.17) is 0 Å². The third-order valence-corrected chi connectivity index (χ3v) is 5.55. The molecule has 0 aliphatic rings. The zero-order valence-corrected chi connectivity index (χ0v) is 18.4. The number of hydrogen-bond acceptors (Lipinski definition) is 6. The van der Waals surface area contributed by atoms with Crippen molar-refractivity contribution < 1.29 is 0 Å². The van der Waals surface area contributed by atoms with Crippen LogP contribution in [0, 0.1) is 0 Å². The molecule has 0 spiro atoms. The Kier molecular flexibility index (Phi) is 5.39. The lowest BCUT2D eigenvalue weighted by Gasteiger charge is -2.09. The molecule has 33 heavy (non-hydrogen) atoms. The first-order valence-corrected chi connectivity index (χ1v) is 10.7. The summed E-state index contributed by atoms with van der Waals surface area (Å²) in [4.78, 5) is 22.2. The van der Waals surface area contributed by atoms with Crippen molar-refractivity contribution in [3.05, 3.63) is 82.9 Å². The first-order valence-electron chi connectivity index (χ1n) is 10.7. The van der Waals surface area contributed by atoms with Crippen molar-refractivity contribution in [2.24, 2.45) is 7.05 Å². The summed E-state index contributed by atoms with van der Waals surface area (Å²) in [5.74, 6) is 1.19. The van der Waals surface area contributed by atoms with E-state index in [1.54, 1.807) is 15.3 Å². The first-order chi connectivity index (χ1) is 16.2. The summed E-state index contributed by atoms with van der Waals surface area (Å²) in [7, 11) is 1.88. The number of rotatable bonds is 7. The Bertz CT molecular complexity index is 1430. The van der Waals surface area contributed by atoms with Crippen LogP contribution in [0.5, 0.6) is 0 Å². The molecule has 0 amide bonds. The molecule has 166 valence electrons. The van der Waals surface area contributed by atoms with E-state index >= 15 is 0 Å². The van der Waals surface area contributed by atoms with Gasteiger partial charge >= 0.3 is 5.69 Å². The van der Waals surface area contributed by atoms with Crippen molar-refractivity contribution in [2.75, 3.05) is 0 Å². The maximum absolute atomic E-state index is 13.2. The molecule has 0 fully saturated rings. The summed E-state index contributed by atoms with van der Waals surface area (Å²) in [5.41, 5.74) is 4.40. The van der Waals surface area contributed by atoms with E-state index in [1.807, 2.05) is 66.6 Å². The summed E-state index contributed by atoms with van der Waals surface area (Å²) in [6.07, 6.45) is 8.95. The SMILES string of the molecule is CCCc1cn(-c2nccn2C)c(=O)n1Cc1ccc(-c2ccccc2-c2nnn[nH]2)nc1. The molecule has 0 bridgehead atoms. The number of aromatic nitrogens is 9. The summed E-state index contributed by atoms with van der Waals surface area (Å²) in [5, 5.41) is 14.2. The second-order valence-corrected chi connectivity index (χ2v) is 7.79. The predicted molar refractivity (Wildman–Crippen MR) is 123 cm³/mol. The number of benzene rings is 1. The van der Waals surface area contributed by atoms with Gasteiger partial charge in [-0.05, 0) is 28.5 Å². The van der Waals surface area contributed by atoms with Crippen molar-refractivity contribution >= 4 is 0 Å². The lowest BCUT2D eigenvalue weighted by Crippen LogP contribution is -2.26. The van der Waals surface area contributed by atoms with E-state index in [1.165, 1.54) is 0 Å². The minimum atomic E-state index is -0.111. The summed E-state index contributed by atoms with van der Waals surface area (Å²) < 4.78 is 5.23. The minimum absolute atomic E-state index is 0.111. The summed E-state index contributed by atoms with van der Waals surface area (Å²) in [6, 6.07) is 11.8. The van der Waals surface area contributed by atoms with Gasteiger partial charge in [0.1, 0.15) is 0 Å². The van der Waals surface area contributed by atoms with Crippen LogP contribution in [0.15, 0.2) is 66.0 Å². The van der Waals surface area contributed by atoms with Crippen LogP contribution in [0.4, 0.5) is 0 Å². The maximum atomic E-state index is 13.2. The molecule has 10 nitrogen and oxygen atoms in total. The standard InChI is InChI=1S/C23H23N9O/c1-3-6-17-15-32(22-24-11-12-30(22)2)23(33)31(17)14-16-9-10-20(25-13-16)18-7-4-5-8-19(18)21-26-28-29-27-21/h4-5,7-13,15H,3,6,14H2,1-2H3,(H,26,27,28,29). The Labute approximate surface area is 189 Å². The van der Waals surface area contributed by atoms with Crippen molar-refractivity contribution in [2.45, 2.75) is 26.3 Å². The van der Waals surface area contributed by atoms with Gasteiger partial charge in [0.15, 0.2) is 5.82 Å². The number of pyridine rings is 1. The van der Waals surface area contributed by atoms with E-state index in [2.05, 4.69) is 37.5 Å². The van der Waals surface area contributed by atoms with E-state index in [0.29, 0.717) is 18.3 Å². The van der Waals surface area contributed by atoms with Gasteiger partial charge in [-0.3, -0.25) is 9.55 Å². The Morgan fingerprint density at radius 3 is 2.58 bits per heavy atom. The molecule has 5 rings (SSSR count). The second-order valence-electron chi connectivity index (χ2n) is 7.79. The minimum Gasteiger partial charge on any atom is -0.320 e. The maximum Gasteiger partial charge on any atom is 0.335 e. The molecular formula is C23H23N9O. The fourth-order valence-corrected chi connectivity index (χ4v) is 3.93. The zero-order valence-electron chi connectivity index (χ0n) is 18.4. The van der Waals surface area contributed by atoms with Crippen LogP contribution in [0.1, 0.15) is 24.6 Å². The Morgan fingerprint density at radius 2 is 1.91 bits per heavy atom. The Morgan fingerprint density at radius 1 is 1.06 bits per heavy atom. The molecule has 0 atom stereocenters. The van der Waals surface area contributed by atoms with Crippen LogP contribution in [0.2, 0.25) is 0 Å². The van der Waals surface area contributed by atoms with Gasteiger partial charge in [0, 0.05) is 48.7 Å². The van der Waals surface area contributed by atoms with Gasteiger partial charge in [-0.2, -0.15) is 0 Å². The van der Waals surface area contributed by atoms with Crippen LogP contribution in [0.25, 0.3) is 28.6 Å². The van der Waals surface area contributed by atoms with Crippen molar-refractivity contribution in [3.63, 3.8) is 0 Å². The number of aromatic amines is 1. The van der Waals surface area contributed by atoms with E-state index in [-0.39, 0.29) is 5.69 Å². The Hall–Kier alpha value is -4.34. The molecule has 5 aromatic rings. The number of nitrogens with one attached hydrogen (secondary N) is 1. The number of aryl methyl sites for hydroxylation is 2.